The first-order valence-electron chi connectivity index (χ1n) is 16.9. The fraction of sp³-hybridized carbons (Fsp3) is 0.389. The molecule has 13 nitrogen and oxygen atoms in total. The van der Waals surface area contributed by atoms with Crippen LogP contribution in [-0.2, 0) is 22.6 Å². The van der Waals surface area contributed by atoms with E-state index in [1.54, 1.807) is 0 Å². The first-order valence-corrected chi connectivity index (χ1v) is 16.9. The molecule has 3 aromatic carbocycles. The number of carboxylic acid groups (broad SMARTS) is 1. The number of benzene rings is 3. The number of hydrogen-bond donors (Lipinski definition) is 6. The zero-order valence-corrected chi connectivity index (χ0v) is 27.4. The SMILES string of the molecule is O=C[C@@](Cc1ccc(-c2ccccc2CN2CCNCC2)cc1)(Nc1ccc(-c2nnn[nH]2)cc1)NC(=O)[C@H]1CC[C@H](CNC(=O)O)CC1. The lowest BCUT2D eigenvalue weighted by molar-refractivity contribution is -0.130. The van der Waals surface area contributed by atoms with Crippen molar-refractivity contribution in [3.63, 3.8) is 0 Å². The number of tetrazole rings is 1. The molecular weight excluding hydrogens is 622 g/mol. The molecule has 1 aliphatic carbocycles. The van der Waals surface area contributed by atoms with Crippen LogP contribution < -0.4 is 21.3 Å². The molecule has 0 spiro atoms. The number of aromatic amines is 1. The molecule has 1 aliphatic heterocycles. The van der Waals surface area contributed by atoms with Crippen LogP contribution in [-0.4, -0.2) is 87.3 Å². The molecule has 2 fully saturated rings. The summed E-state index contributed by atoms with van der Waals surface area (Å²) in [6.45, 7) is 5.28. The number of aldehydes is 1. The van der Waals surface area contributed by atoms with Crippen molar-refractivity contribution in [2.75, 3.05) is 38.0 Å². The number of hydrogen-bond acceptors (Lipinski definition) is 9. The average molecular weight is 666 g/mol. The Morgan fingerprint density at radius 3 is 2.33 bits per heavy atom. The summed E-state index contributed by atoms with van der Waals surface area (Å²) < 4.78 is 0. The number of amides is 2. The number of piperazine rings is 1. The summed E-state index contributed by atoms with van der Waals surface area (Å²) >= 11 is 0. The van der Waals surface area contributed by atoms with Crippen LogP contribution in [0.1, 0.15) is 36.8 Å². The lowest BCUT2D eigenvalue weighted by Gasteiger charge is -2.35. The van der Waals surface area contributed by atoms with Crippen molar-refractivity contribution in [1.82, 2.24) is 41.5 Å². The van der Waals surface area contributed by atoms with E-state index in [0.29, 0.717) is 30.9 Å². The Morgan fingerprint density at radius 1 is 0.939 bits per heavy atom. The highest BCUT2D eigenvalue weighted by molar-refractivity contribution is 5.85. The molecule has 13 heteroatoms. The molecular formula is C36H43N9O4. The van der Waals surface area contributed by atoms with Crippen LogP contribution in [0.3, 0.4) is 0 Å². The van der Waals surface area contributed by atoms with Crippen molar-refractivity contribution in [3.05, 3.63) is 83.9 Å². The Morgan fingerprint density at radius 2 is 1.65 bits per heavy atom. The van der Waals surface area contributed by atoms with Gasteiger partial charge in [0, 0.05) is 62.9 Å². The minimum atomic E-state index is -1.42. The van der Waals surface area contributed by atoms with Gasteiger partial charge in [0.25, 0.3) is 0 Å². The first kappa shape index (κ1) is 33.7. The van der Waals surface area contributed by atoms with Crippen molar-refractivity contribution in [2.45, 2.75) is 44.3 Å². The van der Waals surface area contributed by atoms with Crippen LogP contribution in [0.15, 0.2) is 72.8 Å². The highest BCUT2D eigenvalue weighted by atomic mass is 16.4. The number of carbonyl (C=O) groups excluding carboxylic acids is 2. The van der Waals surface area contributed by atoms with Crippen LogP contribution in [0.2, 0.25) is 0 Å². The standard InChI is InChI=1S/C36H43N9O4/c46-24-36(39-31-15-13-28(14-16-31)33-41-43-44-42-33,40-34(47)29-11-7-26(8-12-29)22-38-35(48)49)21-25-5-9-27(10-6-25)32-4-2-1-3-30(32)23-45-19-17-37-18-20-45/h1-6,9-10,13-16,24,26,29,37-39H,7-8,11-12,17-23H2,(H,40,47)(H,48,49)(H,41,42,43,44)/t26-,29-,36-/m0/s1. The van der Waals surface area contributed by atoms with E-state index in [-0.39, 0.29) is 24.2 Å². The number of H-pyrrole nitrogens is 1. The maximum atomic E-state index is 13.7. The van der Waals surface area contributed by atoms with Crippen molar-refractivity contribution in [3.8, 4) is 22.5 Å². The van der Waals surface area contributed by atoms with Gasteiger partial charge >= 0.3 is 6.09 Å². The molecule has 1 atom stereocenters. The fourth-order valence-corrected chi connectivity index (χ4v) is 6.83. The summed E-state index contributed by atoms with van der Waals surface area (Å²) in [4.78, 5) is 40.2. The second kappa shape index (κ2) is 15.8. The highest BCUT2D eigenvalue weighted by Gasteiger charge is 2.36. The van der Waals surface area contributed by atoms with E-state index in [0.717, 1.165) is 68.5 Å². The van der Waals surface area contributed by atoms with Crippen LogP contribution in [0.4, 0.5) is 10.5 Å². The molecule has 1 aromatic heterocycles. The van der Waals surface area contributed by atoms with Crippen molar-refractivity contribution >= 4 is 24.0 Å². The van der Waals surface area contributed by atoms with E-state index >= 15 is 0 Å². The van der Waals surface area contributed by atoms with E-state index in [1.165, 1.54) is 11.1 Å². The third-order valence-corrected chi connectivity index (χ3v) is 9.55. The van der Waals surface area contributed by atoms with Gasteiger partial charge in [0.2, 0.25) is 5.91 Å². The molecule has 6 N–H and O–H groups in total. The van der Waals surface area contributed by atoms with Crippen molar-refractivity contribution in [1.29, 1.82) is 0 Å². The van der Waals surface area contributed by atoms with Crippen LogP contribution in [0.5, 0.6) is 0 Å². The molecule has 256 valence electrons. The minimum Gasteiger partial charge on any atom is -0.465 e. The lowest BCUT2D eigenvalue weighted by Crippen LogP contribution is -2.59. The Bertz CT molecular complexity index is 1680. The second-order valence-corrected chi connectivity index (χ2v) is 13.0. The molecule has 49 heavy (non-hydrogen) atoms. The molecule has 6 rings (SSSR count). The summed E-state index contributed by atoms with van der Waals surface area (Å²) in [6, 6.07) is 24.0. The summed E-state index contributed by atoms with van der Waals surface area (Å²) in [5.41, 5.74) is 4.42. The van der Waals surface area contributed by atoms with Gasteiger partial charge in [-0.1, -0.05) is 48.5 Å². The van der Waals surface area contributed by atoms with Gasteiger partial charge in [-0.15, -0.1) is 5.10 Å². The van der Waals surface area contributed by atoms with E-state index in [1.807, 2.05) is 36.4 Å². The number of anilines is 1. The van der Waals surface area contributed by atoms with Crippen LogP contribution in [0.25, 0.3) is 22.5 Å². The van der Waals surface area contributed by atoms with Gasteiger partial charge in [-0.25, -0.2) is 9.89 Å². The topological polar surface area (TPSA) is 177 Å². The van der Waals surface area contributed by atoms with E-state index in [2.05, 4.69) is 83.2 Å². The van der Waals surface area contributed by atoms with Crippen molar-refractivity contribution in [2.24, 2.45) is 11.8 Å². The molecule has 2 heterocycles. The van der Waals surface area contributed by atoms with Gasteiger partial charge in [-0.2, -0.15) is 0 Å². The van der Waals surface area contributed by atoms with Crippen LogP contribution >= 0.6 is 0 Å². The number of aromatic nitrogens is 4. The predicted octanol–water partition coefficient (Wildman–Crippen LogP) is 3.68. The summed E-state index contributed by atoms with van der Waals surface area (Å²) in [6.07, 6.45) is 2.66. The Labute approximate surface area is 285 Å². The average Bonchev–Trinajstić information content (AvgIpc) is 3.68. The number of nitrogens with zero attached hydrogens (tertiary/aromatic N) is 4. The van der Waals surface area contributed by atoms with E-state index in [4.69, 9.17) is 5.11 Å². The zero-order chi connectivity index (χ0) is 34.1. The third kappa shape index (κ3) is 8.86. The van der Waals surface area contributed by atoms with Crippen molar-refractivity contribution < 1.29 is 19.5 Å². The van der Waals surface area contributed by atoms with Gasteiger partial charge in [0.15, 0.2) is 17.8 Å². The van der Waals surface area contributed by atoms with Gasteiger partial charge in [-0.3, -0.25) is 14.5 Å². The molecule has 0 bridgehead atoms. The smallest absolute Gasteiger partial charge is 0.404 e. The van der Waals surface area contributed by atoms with Gasteiger partial charge < -0.3 is 26.4 Å². The number of rotatable bonds is 13. The fourth-order valence-electron chi connectivity index (χ4n) is 6.83. The Balaban J connectivity index is 1.20. The first-order chi connectivity index (χ1) is 23.9. The molecule has 2 aliphatic rings. The second-order valence-electron chi connectivity index (χ2n) is 13.0. The molecule has 4 aromatic rings. The highest BCUT2D eigenvalue weighted by Crippen LogP contribution is 2.30. The summed E-state index contributed by atoms with van der Waals surface area (Å²) in [5, 5.41) is 35.2. The number of nitrogens with one attached hydrogen (secondary N) is 5. The maximum absolute atomic E-state index is 13.7. The lowest BCUT2D eigenvalue weighted by atomic mass is 9.81. The summed E-state index contributed by atoms with van der Waals surface area (Å²) in [5.74, 6) is 0.225. The third-order valence-electron chi connectivity index (χ3n) is 9.55. The molecule has 0 radical (unpaired) electrons. The van der Waals surface area contributed by atoms with Gasteiger partial charge in [0.1, 0.15) is 0 Å². The Kier molecular flexibility index (Phi) is 10.9. The monoisotopic (exact) mass is 665 g/mol. The normalized spacial score (nSPS) is 19.3. The summed E-state index contributed by atoms with van der Waals surface area (Å²) in [7, 11) is 0. The predicted molar refractivity (Wildman–Crippen MR) is 185 cm³/mol. The molecule has 2 amide bonds. The quantitative estimate of drug-likeness (QED) is 0.0912. The van der Waals surface area contributed by atoms with Gasteiger partial charge in [-0.05, 0) is 88.5 Å². The largest absolute Gasteiger partial charge is 0.465 e. The molecule has 1 saturated carbocycles. The minimum absolute atomic E-state index is 0.188. The van der Waals surface area contributed by atoms with E-state index in [9.17, 15) is 14.4 Å². The Hall–Kier alpha value is -5.14. The molecule has 0 unspecified atom stereocenters. The van der Waals surface area contributed by atoms with Gasteiger partial charge in [0.05, 0.1) is 0 Å². The molecule has 1 saturated heterocycles. The van der Waals surface area contributed by atoms with Crippen LogP contribution in [0, 0.1) is 11.8 Å². The number of carbonyl (C=O) groups is 3. The maximum Gasteiger partial charge on any atom is 0.404 e. The zero-order valence-electron chi connectivity index (χ0n) is 27.4. The van der Waals surface area contributed by atoms with E-state index < -0.39 is 11.8 Å².